The lowest BCUT2D eigenvalue weighted by molar-refractivity contribution is 0.0920. The summed E-state index contributed by atoms with van der Waals surface area (Å²) in [5, 5.41) is 12.4. The summed E-state index contributed by atoms with van der Waals surface area (Å²) in [5.41, 5.74) is 0.403. The van der Waals surface area contributed by atoms with Crippen molar-refractivity contribution in [2.45, 2.75) is 26.8 Å². The molecule has 0 fully saturated rings. The lowest BCUT2D eigenvalue weighted by atomic mass is 10.1. The molecule has 2 heterocycles. The lowest BCUT2D eigenvalue weighted by Gasteiger charge is -2.18. The van der Waals surface area contributed by atoms with Crippen LogP contribution in [0, 0.1) is 12.8 Å². The van der Waals surface area contributed by atoms with Crippen molar-refractivity contribution in [1.29, 1.82) is 0 Å². The average Bonchev–Trinajstić information content (AvgIpc) is 2.76. The highest BCUT2D eigenvalue weighted by Gasteiger charge is 2.21. The Kier molecular flexibility index (Phi) is 4.20. The van der Waals surface area contributed by atoms with Crippen LogP contribution in [0.15, 0.2) is 11.1 Å². The Morgan fingerprint density at radius 3 is 2.85 bits per heavy atom. The van der Waals surface area contributed by atoms with E-state index in [-0.39, 0.29) is 30.0 Å². The summed E-state index contributed by atoms with van der Waals surface area (Å²) >= 11 is 1.20. The molecule has 7 heteroatoms. The van der Waals surface area contributed by atoms with Gasteiger partial charge in [-0.2, -0.15) is 0 Å². The van der Waals surface area contributed by atoms with Crippen LogP contribution in [-0.4, -0.2) is 33.6 Å². The van der Waals surface area contributed by atoms with Gasteiger partial charge in [-0.25, -0.2) is 4.98 Å². The number of carbonyl (C=O) groups excluding carboxylic acids is 1. The fourth-order valence-electron chi connectivity index (χ4n) is 1.87. The summed E-state index contributed by atoms with van der Waals surface area (Å²) in [4.78, 5) is 31.6. The third-order valence-corrected chi connectivity index (χ3v) is 4.64. The first-order valence-corrected chi connectivity index (χ1v) is 7.15. The number of nitrogens with one attached hydrogen (secondary N) is 2. The topological polar surface area (TPSA) is 95.1 Å². The minimum atomic E-state index is -0.238. The van der Waals surface area contributed by atoms with E-state index < -0.39 is 0 Å². The molecule has 2 aromatic heterocycles. The van der Waals surface area contributed by atoms with Crippen molar-refractivity contribution in [2.24, 2.45) is 5.92 Å². The van der Waals surface area contributed by atoms with Gasteiger partial charge in [-0.05, 0) is 25.3 Å². The number of carbonyl (C=O) groups is 1. The van der Waals surface area contributed by atoms with Crippen molar-refractivity contribution in [3.63, 3.8) is 0 Å². The smallest absolute Gasteiger partial charge is 0.261 e. The van der Waals surface area contributed by atoms with Gasteiger partial charge in [0, 0.05) is 12.6 Å². The number of H-pyrrole nitrogens is 1. The van der Waals surface area contributed by atoms with Gasteiger partial charge in [0.15, 0.2) is 0 Å². The number of hydrogen-bond donors (Lipinski definition) is 3. The molecule has 108 valence electrons. The van der Waals surface area contributed by atoms with Crippen molar-refractivity contribution in [1.82, 2.24) is 15.3 Å². The van der Waals surface area contributed by atoms with Gasteiger partial charge in [0.2, 0.25) is 0 Å². The summed E-state index contributed by atoms with van der Waals surface area (Å²) in [5.74, 6) is -0.270. The van der Waals surface area contributed by atoms with Gasteiger partial charge < -0.3 is 15.4 Å². The first-order chi connectivity index (χ1) is 9.45. The van der Waals surface area contributed by atoms with Crippen LogP contribution < -0.4 is 10.9 Å². The summed E-state index contributed by atoms with van der Waals surface area (Å²) < 4.78 is 0. The van der Waals surface area contributed by atoms with E-state index in [0.29, 0.717) is 20.7 Å². The largest absolute Gasteiger partial charge is 0.396 e. The first kappa shape index (κ1) is 14.7. The van der Waals surface area contributed by atoms with Crippen molar-refractivity contribution in [3.05, 3.63) is 27.1 Å². The van der Waals surface area contributed by atoms with Crippen molar-refractivity contribution < 1.29 is 9.90 Å². The molecule has 2 unspecified atom stereocenters. The summed E-state index contributed by atoms with van der Waals surface area (Å²) in [6, 6.07) is -0.150. The standard InChI is InChI=1S/C13H17N3O3S/c1-6(4-17)8(3)16-12(19)10-7(2)9-11(18)14-5-15-13(9)20-10/h5-6,8,17H,4H2,1-3H3,(H,16,19)(H,14,15,18). The van der Waals surface area contributed by atoms with E-state index in [1.165, 1.54) is 17.7 Å². The molecule has 0 saturated carbocycles. The van der Waals surface area contributed by atoms with Gasteiger partial charge in [0.25, 0.3) is 11.5 Å². The molecule has 0 aliphatic rings. The maximum atomic E-state index is 12.3. The zero-order valence-corrected chi connectivity index (χ0v) is 12.4. The predicted octanol–water partition coefficient (Wildman–Crippen LogP) is 1.04. The Hall–Kier alpha value is -1.73. The molecule has 6 nitrogen and oxygen atoms in total. The second-order valence-corrected chi connectivity index (χ2v) is 5.89. The van der Waals surface area contributed by atoms with E-state index >= 15 is 0 Å². The van der Waals surface area contributed by atoms with Gasteiger partial charge in [-0.1, -0.05) is 6.92 Å². The van der Waals surface area contributed by atoms with Gasteiger partial charge in [0.1, 0.15) is 4.83 Å². The quantitative estimate of drug-likeness (QED) is 0.785. The van der Waals surface area contributed by atoms with Crippen LogP contribution in [0.25, 0.3) is 10.2 Å². The number of aliphatic hydroxyl groups is 1. The first-order valence-electron chi connectivity index (χ1n) is 6.34. The molecular weight excluding hydrogens is 278 g/mol. The van der Waals surface area contributed by atoms with Crippen LogP contribution in [0.2, 0.25) is 0 Å². The number of amides is 1. The number of nitrogens with zero attached hydrogens (tertiary/aromatic N) is 1. The molecular formula is C13H17N3O3S. The molecule has 0 aliphatic heterocycles. The minimum Gasteiger partial charge on any atom is -0.396 e. The molecule has 2 aromatic rings. The number of aromatic nitrogens is 2. The van der Waals surface area contributed by atoms with Crippen LogP contribution in [0.4, 0.5) is 0 Å². The van der Waals surface area contributed by atoms with Crippen molar-refractivity contribution >= 4 is 27.5 Å². The molecule has 3 N–H and O–H groups in total. The molecule has 0 aromatic carbocycles. The number of aromatic amines is 1. The monoisotopic (exact) mass is 295 g/mol. The fraction of sp³-hybridized carbons (Fsp3) is 0.462. The second-order valence-electron chi connectivity index (χ2n) is 4.89. The highest BCUT2D eigenvalue weighted by Crippen LogP contribution is 2.26. The minimum absolute atomic E-state index is 0.00800. The number of aryl methyl sites for hydroxylation is 1. The van der Waals surface area contributed by atoms with Gasteiger partial charge in [-0.15, -0.1) is 11.3 Å². The van der Waals surface area contributed by atoms with Crippen molar-refractivity contribution in [3.8, 4) is 0 Å². The highest BCUT2D eigenvalue weighted by molar-refractivity contribution is 7.20. The third kappa shape index (κ3) is 2.59. The van der Waals surface area contributed by atoms with Crippen LogP contribution in [-0.2, 0) is 0 Å². The average molecular weight is 295 g/mol. The molecule has 2 atom stereocenters. The molecule has 0 saturated heterocycles. The molecule has 0 radical (unpaired) electrons. The molecule has 0 bridgehead atoms. The van der Waals surface area contributed by atoms with Crippen molar-refractivity contribution in [2.75, 3.05) is 6.61 Å². The SMILES string of the molecule is Cc1c(C(=O)NC(C)C(C)CO)sc2nc[nH]c(=O)c12. The number of aliphatic hydroxyl groups excluding tert-OH is 1. The lowest BCUT2D eigenvalue weighted by Crippen LogP contribution is -2.38. The Labute approximate surface area is 119 Å². The Morgan fingerprint density at radius 2 is 2.25 bits per heavy atom. The third-order valence-electron chi connectivity index (χ3n) is 3.44. The fourth-order valence-corrected chi connectivity index (χ4v) is 2.92. The number of rotatable bonds is 4. The van der Waals surface area contributed by atoms with Crippen LogP contribution in [0.3, 0.4) is 0 Å². The predicted molar refractivity (Wildman–Crippen MR) is 78.2 cm³/mol. The Morgan fingerprint density at radius 1 is 1.55 bits per heavy atom. The zero-order chi connectivity index (χ0) is 14.9. The van der Waals surface area contributed by atoms with Gasteiger partial charge in [0.05, 0.1) is 16.6 Å². The second kappa shape index (κ2) is 5.72. The van der Waals surface area contributed by atoms with E-state index in [0.717, 1.165) is 0 Å². The maximum absolute atomic E-state index is 12.3. The summed E-state index contributed by atoms with van der Waals surface area (Å²) in [6.45, 7) is 5.44. The highest BCUT2D eigenvalue weighted by atomic mass is 32.1. The van der Waals surface area contributed by atoms with Gasteiger partial charge in [-0.3, -0.25) is 9.59 Å². The summed E-state index contributed by atoms with van der Waals surface area (Å²) in [6.07, 6.45) is 1.33. The number of thiophene rings is 1. The Bertz CT molecular complexity index is 692. The van der Waals surface area contributed by atoms with Crippen LogP contribution in [0.5, 0.6) is 0 Å². The van der Waals surface area contributed by atoms with E-state index in [4.69, 9.17) is 5.11 Å². The molecule has 2 rings (SSSR count). The molecule has 0 aliphatic carbocycles. The summed E-state index contributed by atoms with van der Waals surface area (Å²) in [7, 11) is 0. The molecule has 20 heavy (non-hydrogen) atoms. The zero-order valence-electron chi connectivity index (χ0n) is 11.6. The maximum Gasteiger partial charge on any atom is 0.261 e. The van der Waals surface area contributed by atoms with Crippen LogP contribution in [0.1, 0.15) is 29.1 Å². The van der Waals surface area contributed by atoms with E-state index in [2.05, 4.69) is 15.3 Å². The normalized spacial score (nSPS) is 14.2. The number of hydrogen-bond acceptors (Lipinski definition) is 5. The Balaban J connectivity index is 2.34. The number of fused-ring (bicyclic) bond motifs is 1. The van der Waals surface area contributed by atoms with Crippen LogP contribution >= 0.6 is 11.3 Å². The van der Waals surface area contributed by atoms with Gasteiger partial charge >= 0.3 is 0 Å². The molecule has 1 amide bonds. The van der Waals surface area contributed by atoms with E-state index in [1.54, 1.807) is 6.92 Å². The van der Waals surface area contributed by atoms with E-state index in [1.807, 2.05) is 13.8 Å². The molecule has 0 spiro atoms. The van der Waals surface area contributed by atoms with E-state index in [9.17, 15) is 9.59 Å².